The number of hydrogen-bond acceptors (Lipinski definition) is 4. The molecule has 0 saturated heterocycles. The zero-order valence-corrected chi connectivity index (χ0v) is 17.3. The summed E-state index contributed by atoms with van der Waals surface area (Å²) in [5.41, 5.74) is -0.432. The molecular weight excluding hydrogens is 447 g/mol. The van der Waals surface area contributed by atoms with Crippen LogP contribution in [0.1, 0.15) is 20.8 Å². The third-order valence-electron chi connectivity index (χ3n) is 4.37. The molecule has 0 aliphatic rings. The number of alkyl halides is 3. The van der Waals surface area contributed by atoms with Gasteiger partial charge in [0.2, 0.25) is 0 Å². The van der Waals surface area contributed by atoms with Crippen LogP contribution in [0.4, 0.5) is 18.9 Å². The predicted octanol–water partition coefficient (Wildman–Crippen LogP) is 7.54. The smallest absolute Gasteiger partial charge is 0.418 e. The minimum Gasteiger partial charge on any atom is -0.422 e. The van der Waals surface area contributed by atoms with Gasteiger partial charge in [0.05, 0.1) is 16.3 Å². The number of thiophene rings is 1. The normalized spacial score (nSPS) is 11.9. The van der Waals surface area contributed by atoms with Gasteiger partial charge in [-0.25, -0.2) is 4.79 Å². The van der Waals surface area contributed by atoms with E-state index in [-0.39, 0.29) is 11.4 Å². The maximum atomic E-state index is 13.1. The Morgan fingerprint density at radius 1 is 0.968 bits per heavy atom. The van der Waals surface area contributed by atoms with Crippen LogP contribution in [0.5, 0.6) is 5.75 Å². The Kier molecular flexibility index (Phi) is 5.80. The summed E-state index contributed by atoms with van der Waals surface area (Å²) in [6.45, 7) is 0. The molecule has 0 radical (unpaired) electrons. The highest BCUT2D eigenvalue weighted by Gasteiger charge is 2.33. The number of fused-ring (bicyclic) bond motifs is 1. The number of carbonyl (C=O) groups excluding carboxylic acids is 1. The van der Waals surface area contributed by atoms with Gasteiger partial charge in [-0.2, -0.15) is 13.2 Å². The van der Waals surface area contributed by atoms with Crippen LogP contribution in [-0.2, 0) is 6.18 Å². The first-order chi connectivity index (χ1) is 14.8. The van der Waals surface area contributed by atoms with Gasteiger partial charge in [0.15, 0.2) is 0 Å². The Labute approximate surface area is 184 Å². The van der Waals surface area contributed by atoms with E-state index in [2.05, 4.69) is 4.99 Å². The first kappa shape index (κ1) is 21.1. The molecule has 0 N–H and O–H groups in total. The van der Waals surface area contributed by atoms with Crippen molar-refractivity contribution in [1.82, 2.24) is 0 Å². The zero-order chi connectivity index (χ0) is 22.0. The number of nitrogens with zero attached hydrogens (tertiary/aromatic N) is 1. The summed E-state index contributed by atoms with van der Waals surface area (Å²) in [4.78, 5) is 16.8. The monoisotopic (exact) mass is 459 g/mol. The first-order valence-corrected chi connectivity index (χ1v) is 10.2. The van der Waals surface area contributed by atoms with Gasteiger partial charge in [-0.1, -0.05) is 41.9 Å². The van der Waals surface area contributed by atoms with Crippen LogP contribution in [0, 0.1) is 0 Å². The zero-order valence-electron chi connectivity index (χ0n) is 15.7. The molecule has 8 heteroatoms. The number of aliphatic imine (C=N–C) groups is 1. The van der Waals surface area contributed by atoms with E-state index in [0.717, 1.165) is 16.2 Å². The van der Waals surface area contributed by atoms with E-state index in [9.17, 15) is 18.0 Å². The van der Waals surface area contributed by atoms with E-state index in [1.807, 2.05) is 24.3 Å². The SMILES string of the molecule is O=C(Oc1ccc(C=Nc2ccccc2C(F)(F)F)cc1)c1sc2ccccc2c1Cl. The quantitative estimate of drug-likeness (QED) is 0.179. The summed E-state index contributed by atoms with van der Waals surface area (Å²) in [5, 5.41) is 1.13. The Morgan fingerprint density at radius 3 is 2.35 bits per heavy atom. The third-order valence-corrected chi connectivity index (χ3v) is 6.03. The Hall–Kier alpha value is -3.16. The van der Waals surface area contributed by atoms with Crippen LogP contribution in [-0.4, -0.2) is 12.2 Å². The van der Waals surface area contributed by atoms with Gasteiger partial charge in [-0.05, 0) is 48.0 Å². The summed E-state index contributed by atoms with van der Waals surface area (Å²) >= 11 is 7.54. The maximum absolute atomic E-state index is 13.1. The molecule has 0 atom stereocenters. The van der Waals surface area contributed by atoms with Crippen LogP contribution >= 0.6 is 22.9 Å². The fraction of sp³-hybridized carbons (Fsp3) is 0.0435. The number of carbonyl (C=O) groups is 1. The Balaban J connectivity index is 1.49. The molecule has 4 aromatic rings. The molecule has 0 aliphatic heterocycles. The molecule has 0 aliphatic carbocycles. The van der Waals surface area contributed by atoms with Gasteiger partial charge >= 0.3 is 12.1 Å². The molecule has 0 unspecified atom stereocenters. The van der Waals surface area contributed by atoms with Crippen molar-refractivity contribution in [2.45, 2.75) is 6.18 Å². The van der Waals surface area contributed by atoms with Crippen molar-refractivity contribution in [2.24, 2.45) is 4.99 Å². The van der Waals surface area contributed by atoms with Crippen molar-refractivity contribution in [3.63, 3.8) is 0 Å². The molecule has 4 rings (SSSR count). The molecule has 0 saturated carbocycles. The van der Waals surface area contributed by atoms with Gasteiger partial charge in [-0.15, -0.1) is 11.3 Å². The molecule has 0 amide bonds. The van der Waals surface area contributed by atoms with Gasteiger partial charge < -0.3 is 4.74 Å². The van der Waals surface area contributed by atoms with Gasteiger partial charge in [0, 0.05) is 16.3 Å². The summed E-state index contributed by atoms with van der Waals surface area (Å²) in [7, 11) is 0. The second-order valence-electron chi connectivity index (χ2n) is 6.47. The van der Waals surface area contributed by atoms with Crippen molar-refractivity contribution in [1.29, 1.82) is 0 Å². The van der Waals surface area contributed by atoms with E-state index < -0.39 is 17.7 Å². The van der Waals surface area contributed by atoms with Crippen LogP contribution in [0.25, 0.3) is 10.1 Å². The largest absolute Gasteiger partial charge is 0.422 e. The fourth-order valence-corrected chi connectivity index (χ4v) is 4.28. The highest BCUT2D eigenvalue weighted by molar-refractivity contribution is 7.21. The number of para-hydroxylation sites is 1. The lowest BCUT2D eigenvalue weighted by Gasteiger charge is -2.09. The molecular formula is C23H13ClF3NO2S. The molecule has 1 heterocycles. The lowest BCUT2D eigenvalue weighted by atomic mass is 10.1. The second kappa shape index (κ2) is 8.53. The molecule has 156 valence electrons. The Morgan fingerprint density at radius 2 is 1.65 bits per heavy atom. The highest BCUT2D eigenvalue weighted by Crippen LogP contribution is 2.37. The van der Waals surface area contributed by atoms with Gasteiger partial charge in [0.25, 0.3) is 0 Å². The van der Waals surface area contributed by atoms with Crippen LogP contribution in [0.15, 0.2) is 77.8 Å². The third kappa shape index (κ3) is 4.62. The number of halogens is 4. The molecule has 0 bridgehead atoms. The highest BCUT2D eigenvalue weighted by atomic mass is 35.5. The summed E-state index contributed by atoms with van der Waals surface area (Å²) in [6, 6.07) is 18.7. The lowest BCUT2D eigenvalue weighted by Crippen LogP contribution is -2.07. The average molecular weight is 460 g/mol. The van der Waals surface area contributed by atoms with Crippen molar-refractivity contribution < 1.29 is 22.7 Å². The van der Waals surface area contributed by atoms with E-state index in [1.54, 1.807) is 12.1 Å². The van der Waals surface area contributed by atoms with Crippen molar-refractivity contribution in [2.75, 3.05) is 0 Å². The molecule has 3 nitrogen and oxygen atoms in total. The first-order valence-electron chi connectivity index (χ1n) is 9.02. The molecule has 31 heavy (non-hydrogen) atoms. The number of ether oxygens (including phenoxy) is 1. The van der Waals surface area contributed by atoms with Crippen LogP contribution in [0.3, 0.4) is 0 Å². The predicted molar refractivity (Wildman–Crippen MR) is 117 cm³/mol. The second-order valence-corrected chi connectivity index (χ2v) is 7.90. The van der Waals surface area contributed by atoms with Gasteiger partial charge in [-0.3, -0.25) is 4.99 Å². The Bertz CT molecular complexity index is 1280. The summed E-state index contributed by atoms with van der Waals surface area (Å²) < 4.78 is 45.4. The number of rotatable bonds is 4. The fourth-order valence-electron chi connectivity index (χ4n) is 2.89. The minimum absolute atomic E-state index is 0.176. The van der Waals surface area contributed by atoms with E-state index in [1.165, 1.54) is 47.9 Å². The standard InChI is InChI=1S/C23H13ClF3NO2S/c24-20-16-5-1-4-8-19(16)31-21(20)22(29)30-15-11-9-14(10-12-15)13-28-18-7-3-2-6-17(18)23(25,26)27/h1-13H. The summed E-state index contributed by atoms with van der Waals surface area (Å²) in [6.07, 6.45) is -3.17. The minimum atomic E-state index is -4.49. The van der Waals surface area contributed by atoms with Gasteiger partial charge in [0.1, 0.15) is 10.6 Å². The average Bonchev–Trinajstić information content (AvgIpc) is 3.10. The number of esters is 1. The van der Waals surface area contributed by atoms with E-state index in [0.29, 0.717) is 15.5 Å². The molecule has 1 aromatic heterocycles. The van der Waals surface area contributed by atoms with Crippen molar-refractivity contribution in [3.8, 4) is 5.75 Å². The van der Waals surface area contributed by atoms with Crippen LogP contribution < -0.4 is 4.74 Å². The molecule has 0 fully saturated rings. The number of benzene rings is 3. The van der Waals surface area contributed by atoms with Crippen molar-refractivity contribution in [3.05, 3.63) is 93.8 Å². The summed E-state index contributed by atoms with van der Waals surface area (Å²) in [5.74, 6) is -0.293. The lowest BCUT2D eigenvalue weighted by molar-refractivity contribution is -0.137. The number of hydrogen-bond donors (Lipinski definition) is 0. The maximum Gasteiger partial charge on any atom is 0.418 e. The van der Waals surface area contributed by atoms with E-state index in [4.69, 9.17) is 16.3 Å². The van der Waals surface area contributed by atoms with E-state index >= 15 is 0 Å². The molecule has 3 aromatic carbocycles. The molecule has 0 spiro atoms. The van der Waals surface area contributed by atoms with Crippen molar-refractivity contribution >= 4 is 50.9 Å². The van der Waals surface area contributed by atoms with Crippen LogP contribution in [0.2, 0.25) is 5.02 Å². The topological polar surface area (TPSA) is 38.7 Å².